The third-order valence-corrected chi connectivity index (χ3v) is 5.89. The van der Waals surface area contributed by atoms with Crippen molar-refractivity contribution in [1.82, 2.24) is 4.31 Å². The number of hydrogen-bond donors (Lipinski definition) is 1. The van der Waals surface area contributed by atoms with Crippen LogP contribution in [0.25, 0.3) is 0 Å². The Morgan fingerprint density at radius 3 is 2.38 bits per heavy atom. The summed E-state index contributed by atoms with van der Waals surface area (Å²) in [4.78, 5) is 24.7. The minimum Gasteiger partial charge on any atom is -0.324 e. The van der Waals surface area contributed by atoms with E-state index < -0.39 is 27.9 Å². The minimum absolute atomic E-state index is 0.0163. The van der Waals surface area contributed by atoms with Gasteiger partial charge >= 0.3 is 0 Å². The molecule has 0 aromatic heterocycles. The van der Waals surface area contributed by atoms with Crippen LogP contribution in [0.2, 0.25) is 0 Å². The summed E-state index contributed by atoms with van der Waals surface area (Å²) in [5, 5.41) is 11.4. The maximum absolute atomic E-state index is 12.8. The SMILES string of the molecule is N#Cc1ccc(NC(=O)[C@H]2CCC(=O)N2S(=O)(=O)c2ccccc2)cc1. The molecule has 8 heteroatoms. The molecule has 0 bridgehead atoms. The lowest BCUT2D eigenvalue weighted by molar-refractivity contribution is -0.128. The van der Waals surface area contributed by atoms with Crippen LogP contribution in [0.1, 0.15) is 18.4 Å². The number of nitriles is 1. The Balaban J connectivity index is 1.85. The lowest BCUT2D eigenvalue weighted by atomic mass is 10.2. The van der Waals surface area contributed by atoms with Crippen molar-refractivity contribution >= 4 is 27.5 Å². The Hall–Kier alpha value is -3.18. The number of sulfonamides is 1. The van der Waals surface area contributed by atoms with Gasteiger partial charge < -0.3 is 5.32 Å². The van der Waals surface area contributed by atoms with Crippen molar-refractivity contribution in [3.05, 3.63) is 60.2 Å². The fourth-order valence-electron chi connectivity index (χ4n) is 2.76. The number of nitrogens with zero attached hydrogens (tertiary/aromatic N) is 2. The van der Waals surface area contributed by atoms with Crippen molar-refractivity contribution in [2.45, 2.75) is 23.8 Å². The Bertz CT molecular complexity index is 979. The zero-order chi connectivity index (χ0) is 18.7. The van der Waals surface area contributed by atoms with Crippen molar-refractivity contribution in [3.8, 4) is 6.07 Å². The summed E-state index contributed by atoms with van der Waals surface area (Å²) in [7, 11) is -4.11. The molecule has 0 saturated carbocycles. The van der Waals surface area contributed by atoms with Crippen LogP contribution in [0.4, 0.5) is 5.69 Å². The van der Waals surface area contributed by atoms with Gasteiger partial charge in [-0.25, -0.2) is 12.7 Å². The lowest BCUT2D eigenvalue weighted by Gasteiger charge is -2.23. The molecule has 1 aliphatic heterocycles. The monoisotopic (exact) mass is 369 g/mol. The second-order valence-electron chi connectivity index (χ2n) is 5.74. The van der Waals surface area contributed by atoms with E-state index in [4.69, 9.17) is 5.26 Å². The third kappa shape index (κ3) is 3.30. The molecular weight excluding hydrogens is 354 g/mol. The zero-order valence-corrected chi connectivity index (χ0v) is 14.4. The highest BCUT2D eigenvalue weighted by atomic mass is 32.2. The summed E-state index contributed by atoms with van der Waals surface area (Å²) >= 11 is 0. The molecule has 26 heavy (non-hydrogen) atoms. The molecule has 1 aliphatic rings. The number of anilines is 1. The fourth-order valence-corrected chi connectivity index (χ4v) is 4.38. The third-order valence-electron chi connectivity index (χ3n) is 4.04. The van der Waals surface area contributed by atoms with Gasteiger partial charge in [-0.1, -0.05) is 18.2 Å². The number of benzene rings is 2. The molecule has 1 heterocycles. The summed E-state index contributed by atoms with van der Waals surface area (Å²) in [6, 6.07) is 14.6. The number of carbonyl (C=O) groups is 2. The van der Waals surface area contributed by atoms with Crippen molar-refractivity contribution in [1.29, 1.82) is 5.26 Å². The van der Waals surface area contributed by atoms with E-state index in [2.05, 4.69) is 5.32 Å². The topological polar surface area (TPSA) is 107 Å². The standard InChI is InChI=1S/C18H15N3O4S/c19-12-13-6-8-14(9-7-13)20-18(23)16-10-11-17(22)21(16)26(24,25)15-4-2-1-3-5-15/h1-9,16H,10-11H2,(H,20,23)/t16-/m1/s1. The van der Waals surface area contributed by atoms with E-state index in [1.807, 2.05) is 6.07 Å². The van der Waals surface area contributed by atoms with Crippen LogP contribution in [0.5, 0.6) is 0 Å². The Labute approximate surface area is 150 Å². The maximum Gasteiger partial charge on any atom is 0.267 e. The van der Waals surface area contributed by atoms with Gasteiger partial charge in [0.2, 0.25) is 11.8 Å². The van der Waals surface area contributed by atoms with Gasteiger partial charge in [-0.15, -0.1) is 0 Å². The van der Waals surface area contributed by atoms with E-state index in [0.717, 1.165) is 0 Å². The van der Waals surface area contributed by atoms with Crippen LogP contribution in [0.15, 0.2) is 59.5 Å². The normalized spacial score (nSPS) is 17.0. The first-order valence-electron chi connectivity index (χ1n) is 7.87. The van der Waals surface area contributed by atoms with Crippen LogP contribution in [0.3, 0.4) is 0 Å². The molecule has 2 aromatic rings. The first-order chi connectivity index (χ1) is 12.4. The van der Waals surface area contributed by atoms with Gasteiger partial charge in [0, 0.05) is 12.1 Å². The molecule has 1 N–H and O–H groups in total. The molecule has 0 spiro atoms. The van der Waals surface area contributed by atoms with Crippen LogP contribution < -0.4 is 5.32 Å². The molecule has 3 rings (SSSR count). The highest BCUT2D eigenvalue weighted by Gasteiger charge is 2.44. The molecule has 2 amide bonds. The van der Waals surface area contributed by atoms with E-state index in [1.54, 1.807) is 30.3 Å². The molecule has 2 aromatic carbocycles. The quantitative estimate of drug-likeness (QED) is 0.885. The predicted octanol–water partition coefficient (Wildman–Crippen LogP) is 1.88. The molecular formula is C18H15N3O4S. The molecule has 1 saturated heterocycles. The molecule has 132 valence electrons. The van der Waals surface area contributed by atoms with E-state index in [9.17, 15) is 18.0 Å². The van der Waals surface area contributed by atoms with E-state index >= 15 is 0 Å². The number of nitrogens with one attached hydrogen (secondary N) is 1. The molecule has 1 atom stereocenters. The number of amides is 2. The van der Waals surface area contributed by atoms with Gasteiger partial charge in [0.25, 0.3) is 10.0 Å². The molecule has 0 radical (unpaired) electrons. The van der Waals surface area contributed by atoms with Gasteiger partial charge in [0.05, 0.1) is 16.5 Å². The van der Waals surface area contributed by atoms with Crippen LogP contribution >= 0.6 is 0 Å². The number of hydrogen-bond acceptors (Lipinski definition) is 5. The first kappa shape index (κ1) is 17.6. The van der Waals surface area contributed by atoms with Gasteiger partial charge in [-0.05, 0) is 42.8 Å². The van der Waals surface area contributed by atoms with E-state index in [1.165, 1.54) is 24.3 Å². The van der Waals surface area contributed by atoms with Gasteiger partial charge in [0.1, 0.15) is 6.04 Å². The highest BCUT2D eigenvalue weighted by molar-refractivity contribution is 7.89. The number of carbonyl (C=O) groups excluding carboxylic acids is 2. The van der Waals surface area contributed by atoms with Gasteiger partial charge in [-0.2, -0.15) is 5.26 Å². The Morgan fingerprint density at radius 2 is 1.77 bits per heavy atom. The summed E-state index contributed by atoms with van der Waals surface area (Å²) in [6.07, 6.45) is 0.102. The molecule has 0 unspecified atom stereocenters. The van der Waals surface area contributed by atoms with Crippen molar-refractivity contribution in [2.24, 2.45) is 0 Å². The zero-order valence-electron chi connectivity index (χ0n) is 13.6. The molecule has 0 aliphatic carbocycles. The first-order valence-corrected chi connectivity index (χ1v) is 9.31. The highest BCUT2D eigenvalue weighted by Crippen LogP contribution is 2.28. The van der Waals surface area contributed by atoms with Crippen LogP contribution in [-0.2, 0) is 19.6 Å². The van der Waals surface area contributed by atoms with Crippen LogP contribution in [0, 0.1) is 11.3 Å². The summed E-state index contributed by atoms with van der Waals surface area (Å²) in [5.74, 6) is -1.19. The van der Waals surface area contributed by atoms with Gasteiger partial charge in [-0.3, -0.25) is 9.59 Å². The average Bonchev–Trinajstić information content (AvgIpc) is 3.05. The van der Waals surface area contributed by atoms with Crippen molar-refractivity contribution < 1.29 is 18.0 Å². The second kappa shape index (κ2) is 6.98. The van der Waals surface area contributed by atoms with Gasteiger partial charge in [0.15, 0.2) is 0 Å². The van der Waals surface area contributed by atoms with Crippen molar-refractivity contribution in [3.63, 3.8) is 0 Å². The number of rotatable bonds is 4. The Morgan fingerprint density at radius 1 is 1.12 bits per heavy atom. The Kier molecular flexibility index (Phi) is 4.73. The van der Waals surface area contributed by atoms with E-state index in [-0.39, 0.29) is 17.7 Å². The fraction of sp³-hybridized carbons (Fsp3) is 0.167. The predicted molar refractivity (Wildman–Crippen MR) is 93.3 cm³/mol. The largest absolute Gasteiger partial charge is 0.324 e. The summed E-state index contributed by atoms with van der Waals surface area (Å²) < 4.78 is 26.2. The van der Waals surface area contributed by atoms with Crippen molar-refractivity contribution in [2.75, 3.05) is 5.32 Å². The average molecular weight is 369 g/mol. The summed E-state index contributed by atoms with van der Waals surface area (Å²) in [6.45, 7) is 0. The minimum atomic E-state index is -4.11. The lowest BCUT2D eigenvalue weighted by Crippen LogP contribution is -2.45. The van der Waals surface area contributed by atoms with Crippen LogP contribution in [-0.4, -0.2) is 30.6 Å². The van der Waals surface area contributed by atoms with E-state index in [0.29, 0.717) is 15.6 Å². The molecule has 1 fully saturated rings. The second-order valence-corrected chi connectivity index (χ2v) is 7.56. The maximum atomic E-state index is 12.8. The molecule has 7 nitrogen and oxygen atoms in total. The smallest absolute Gasteiger partial charge is 0.267 e. The summed E-state index contributed by atoms with van der Waals surface area (Å²) in [5.41, 5.74) is 0.859.